The van der Waals surface area contributed by atoms with Crippen molar-refractivity contribution in [2.45, 2.75) is 195 Å². The van der Waals surface area contributed by atoms with Gasteiger partial charge in [0.2, 0.25) is 11.8 Å². The molecule has 36 nitrogen and oxygen atoms in total. The summed E-state index contributed by atoms with van der Waals surface area (Å²) in [6, 6.07) is -3.26. The second-order valence-electron chi connectivity index (χ2n) is 20.4. The highest BCUT2D eigenvalue weighted by Gasteiger charge is 2.46. The predicted molar refractivity (Wildman–Crippen MR) is 259 cm³/mol. The summed E-state index contributed by atoms with van der Waals surface area (Å²) >= 11 is 0. The topological polar surface area (TPSA) is 513 Å². The van der Waals surface area contributed by atoms with Crippen LogP contribution in [0.5, 0.6) is 0 Å². The van der Waals surface area contributed by atoms with Gasteiger partial charge in [0.05, 0.1) is 110 Å². The molecular formula is C45H72N12O24. The van der Waals surface area contributed by atoms with Gasteiger partial charge in [-0.2, -0.15) is 0 Å². The number of methoxy groups -OCH3 is 1. The Balaban J connectivity index is 1.16. The molecule has 0 bridgehead atoms. The third-order valence-electron chi connectivity index (χ3n) is 12.7. The lowest BCUT2D eigenvalue weighted by molar-refractivity contribution is -0.304. The molecule has 0 spiro atoms. The normalized spacial score (nSPS) is 30.0. The highest BCUT2D eigenvalue weighted by atomic mass is 16.7. The van der Waals surface area contributed by atoms with E-state index in [-0.39, 0.29) is 56.5 Å². The molecule has 6 heterocycles. The van der Waals surface area contributed by atoms with Gasteiger partial charge < -0.3 is 115 Å². The lowest BCUT2D eigenvalue weighted by atomic mass is 9.99. The lowest BCUT2D eigenvalue weighted by Gasteiger charge is -2.39. The van der Waals surface area contributed by atoms with Gasteiger partial charge in [0.25, 0.3) is 0 Å². The number of aliphatic hydroxyl groups is 12. The summed E-state index contributed by atoms with van der Waals surface area (Å²) in [6.07, 6.45) is -21.4. The van der Waals surface area contributed by atoms with Crippen LogP contribution in [0.2, 0.25) is 0 Å². The van der Waals surface area contributed by atoms with Crippen molar-refractivity contribution in [2.75, 3.05) is 26.9 Å². The minimum atomic E-state index is -1.72. The highest BCUT2D eigenvalue weighted by molar-refractivity contribution is 5.81. The van der Waals surface area contributed by atoms with E-state index in [0.717, 1.165) is 7.11 Å². The Hall–Kier alpha value is -5.62. The minimum absolute atomic E-state index is 0.123. The number of amides is 3. The maximum Gasteiger partial charge on any atom is 0.407 e. The van der Waals surface area contributed by atoms with Gasteiger partial charge in [-0.05, 0) is 20.8 Å². The zero-order chi connectivity index (χ0) is 59.3. The molecule has 0 aliphatic carbocycles. The van der Waals surface area contributed by atoms with Crippen LogP contribution in [0.25, 0.3) is 0 Å². The van der Waals surface area contributed by atoms with Crippen molar-refractivity contribution in [1.82, 2.24) is 60.9 Å². The summed E-state index contributed by atoms with van der Waals surface area (Å²) in [5.41, 5.74) is -0.534. The summed E-state index contributed by atoms with van der Waals surface area (Å²) in [4.78, 5) is 53.9. The molecule has 0 radical (unpaired) electrons. The van der Waals surface area contributed by atoms with Gasteiger partial charge in [-0.3, -0.25) is 28.4 Å². The van der Waals surface area contributed by atoms with E-state index in [1.165, 1.54) is 32.6 Å². The molecule has 3 fully saturated rings. The molecule has 0 saturated carbocycles. The molecule has 3 aromatic heterocycles. The first-order chi connectivity index (χ1) is 38.4. The first kappa shape index (κ1) is 64.5. The van der Waals surface area contributed by atoms with E-state index in [9.17, 15) is 80.5 Å². The van der Waals surface area contributed by atoms with E-state index in [1.807, 2.05) is 0 Å². The van der Waals surface area contributed by atoms with Crippen LogP contribution in [0.4, 0.5) is 4.79 Å². The van der Waals surface area contributed by atoms with Crippen LogP contribution in [-0.2, 0) is 91.7 Å². The fourth-order valence-corrected chi connectivity index (χ4v) is 8.54. The number of esters is 1. The average Bonchev–Trinajstić information content (AvgIpc) is 4.21. The smallest absolute Gasteiger partial charge is 0.407 e. The Morgan fingerprint density at radius 1 is 0.519 bits per heavy atom. The third-order valence-corrected chi connectivity index (χ3v) is 12.7. The number of nitrogens with zero attached hydrogens (tertiary/aromatic N) is 9. The predicted octanol–water partition coefficient (Wildman–Crippen LogP) is -8.98. The molecule has 456 valence electrons. The largest absolute Gasteiger partial charge is 0.469 e. The number of carbonyl (C=O) groups excluding carboxylic acids is 4. The number of ether oxygens (including phenoxy) is 8. The molecule has 3 aliphatic heterocycles. The molecule has 3 saturated heterocycles. The standard InChI is InChI=1S/C45H72N12O24/c1-45(2,3)81-44(73)48-21(9-56-12-24(50-53-56)18-76-42-39(71)36(68)33(65)27(15-59)79-42)6-30(62)46-20(8-55-11-23(49-52-55)17-75-41-38(70)35(67)32(64)26(14-58)78-41)5-29(61)47-22(7-31(63)74-4)10-57-13-25(51-54-57)19-77-43-40(72)37(69)34(66)28(16-60)80-43/h11-13,20-22,26-28,32-43,58-60,64-72H,5-10,14-19H2,1-4H3,(H,46,62)(H,47,61)(H,48,73)/t20-,21-,22-,26+,27+,28+,32+,33+,34+,35-,36-,37-,38-,39-,40-,41-,42-,43-/m0/s1. The quantitative estimate of drug-likeness (QED) is 0.0315. The van der Waals surface area contributed by atoms with Crippen molar-refractivity contribution in [2.24, 2.45) is 0 Å². The maximum absolute atomic E-state index is 14.1. The number of aromatic nitrogens is 9. The molecule has 6 rings (SSSR count). The van der Waals surface area contributed by atoms with Crippen LogP contribution < -0.4 is 16.0 Å². The molecule has 3 aromatic rings. The number of nitrogens with one attached hydrogen (secondary N) is 3. The van der Waals surface area contributed by atoms with E-state index < -0.39 is 179 Å². The molecular weight excluding hydrogens is 1090 g/mol. The number of carbonyl (C=O) groups is 4. The SMILES string of the molecule is COC(=O)C[C@@H](Cn1cc(CO[C@H]2O[C@H](CO)[C@@H](O)[C@H](O)[C@@H]2O)nn1)NC(=O)C[C@@H](Cn1cc(CO[C@H]2O[C@H](CO)[C@@H](O)[C@H](O)[C@@H]2O)nn1)NC(=O)C[C@@H](Cn1cc(CO[C@H]2O[C@H](CO)[C@@H](O)[C@H](O)[C@@H]2O)nn1)NC(=O)OC(C)(C)C. The van der Waals surface area contributed by atoms with Crippen LogP contribution in [0.1, 0.15) is 57.1 Å². The fourth-order valence-electron chi connectivity index (χ4n) is 8.54. The van der Waals surface area contributed by atoms with Crippen LogP contribution >= 0.6 is 0 Å². The van der Waals surface area contributed by atoms with Gasteiger partial charge in [-0.25, -0.2) is 4.79 Å². The van der Waals surface area contributed by atoms with Gasteiger partial charge in [0.1, 0.15) is 95.9 Å². The fraction of sp³-hybridized carbons (Fsp3) is 0.778. The Labute approximate surface area is 460 Å². The summed E-state index contributed by atoms with van der Waals surface area (Å²) in [5.74, 6) is -2.20. The minimum Gasteiger partial charge on any atom is -0.469 e. The maximum atomic E-state index is 14.1. The highest BCUT2D eigenvalue weighted by Crippen LogP contribution is 2.26. The molecule has 3 aliphatic rings. The number of rotatable bonds is 27. The summed E-state index contributed by atoms with van der Waals surface area (Å²) < 4.78 is 46.9. The second-order valence-corrected chi connectivity index (χ2v) is 20.4. The van der Waals surface area contributed by atoms with E-state index in [0.29, 0.717) is 0 Å². The van der Waals surface area contributed by atoms with Crippen molar-refractivity contribution < 1.29 is 118 Å². The van der Waals surface area contributed by atoms with Gasteiger partial charge >= 0.3 is 12.1 Å². The molecule has 36 heteroatoms. The molecule has 3 amide bonds. The Morgan fingerprint density at radius 3 is 1.15 bits per heavy atom. The first-order valence-corrected chi connectivity index (χ1v) is 25.5. The van der Waals surface area contributed by atoms with Crippen molar-refractivity contribution in [3.05, 3.63) is 35.7 Å². The third kappa shape index (κ3) is 18.4. The number of aliphatic hydroxyl groups excluding tert-OH is 12. The zero-order valence-electron chi connectivity index (χ0n) is 44.4. The Kier molecular flexibility index (Phi) is 23.6. The van der Waals surface area contributed by atoms with Crippen molar-refractivity contribution in [3.8, 4) is 0 Å². The number of alkyl carbamates (subject to hydrolysis) is 1. The van der Waals surface area contributed by atoms with Crippen molar-refractivity contribution >= 4 is 23.9 Å². The van der Waals surface area contributed by atoms with Crippen LogP contribution in [0.3, 0.4) is 0 Å². The monoisotopic (exact) mass is 1160 g/mol. The van der Waals surface area contributed by atoms with E-state index in [4.69, 9.17) is 37.9 Å². The lowest BCUT2D eigenvalue weighted by Crippen LogP contribution is -2.59. The van der Waals surface area contributed by atoms with Crippen molar-refractivity contribution in [3.63, 3.8) is 0 Å². The summed E-state index contributed by atoms with van der Waals surface area (Å²) in [5, 5.41) is 153. The molecule has 18 atom stereocenters. The Morgan fingerprint density at radius 2 is 0.840 bits per heavy atom. The number of hydrogen-bond acceptors (Lipinski definition) is 30. The summed E-state index contributed by atoms with van der Waals surface area (Å²) in [7, 11) is 1.13. The summed E-state index contributed by atoms with van der Waals surface area (Å²) in [6.45, 7) is 1.01. The van der Waals surface area contributed by atoms with Crippen LogP contribution in [-0.4, -0.2) is 273 Å². The second kappa shape index (κ2) is 29.6. The Bertz CT molecular complexity index is 2460. The molecule has 0 unspecified atom stereocenters. The van der Waals surface area contributed by atoms with Gasteiger partial charge in [0, 0.05) is 12.8 Å². The van der Waals surface area contributed by atoms with Gasteiger partial charge in [0.15, 0.2) is 18.9 Å². The van der Waals surface area contributed by atoms with Crippen LogP contribution in [0, 0.1) is 0 Å². The zero-order valence-corrected chi connectivity index (χ0v) is 44.4. The van der Waals surface area contributed by atoms with E-state index >= 15 is 0 Å². The van der Waals surface area contributed by atoms with E-state index in [2.05, 4.69) is 46.9 Å². The molecule has 81 heavy (non-hydrogen) atoms. The van der Waals surface area contributed by atoms with Crippen LogP contribution in [0.15, 0.2) is 18.6 Å². The van der Waals surface area contributed by atoms with E-state index in [1.54, 1.807) is 20.8 Å². The number of hydrogen-bond donors (Lipinski definition) is 15. The first-order valence-electron chi connectivity index (χ1n) is 25.5. The van der Waals surface area contributed by atoms with Gasteiger partial charge in [-0.1, -0.05) is 15.6 Å². The van der Waals surface area contributed by atoms with Gasteiger partial charge in [-0.15, -0.1) is 15.3 Å². The average molecular weight is 1170 g/mol. The molecule has 0 aromatic carbocycles. The molecule has 15 N–H and O–H groups in total. The van der Waals surface area contributed by atoms with Crippen molar-refractivity contribution in [1.29, 1.82) is 0 Å².